The predicted octanol–water partition coefficient (Wildman–Crippen LogP) is 3.48. The van der Waals surface area contributed by atoms with Gasteiger partial charge in [-0.3, -0.25) is 0 Å². The summed E-state index contributed by atoms with van der Waals surface area (Å²) >= 11 is 1.82. The van der Waals surface area contributed by atoms with Gasteiger partial charge in [0.1, 0.15) is 0 Å². The Morgan fingerprint density at radius 1 is 1.36 bits per heavy atom. The number of rotatable bonds is 1. The summed E-state index contributed by atoms with van der Waals surface area (Å²) in [6.45, 7) is 2.18. The quantitative estimate of drug-likeness (QED) is 0.593. The Bertz CT molecular complexity index is 302. The first-order valence-corrected chi connectivity index (χ1v) is 4.64. The van der Waals surface area contributed by atoms with E-state index in [2.05, 4.69) is 36.6 Å². The molecule has 0 bridgehead atoms. The fourth-order valence-electron chi connectivity index (χ4n) is 1.29. The van der Waals surface area contributed by atoms with Crippen LogP contribution in [0.1, 0.15) is 18.2 Å². The highest BCUT2D eigenvalue weighted by molar-refractivity contribution is 7.11. The first-order chi connectivity index (χ1) is 5.36. The third-order valence-electron chi connectivity index (χ3n) is 1.88. The van der Waals surface area contributed by atoms with Gasteiger partial charge in [0.2, 0.25) is 0 Å². The molecule has 1 aromatic rings. The van der Waals surface area contributed by atoms with Crippen LogP contribution in [0.3, 0.4) is 0 Å². The van der Waals surface area contributed by atoms with Crippen molar-refractivity contribution in [2.75, 3.05) is 0 Å². The molecule has 1 aliphatic carbocycles. The average Bonchev–Trinajstić information content (AvgIpc) is 2.55. The van der Waals surface area contributed by atoms with Gasteiger partial charge in [0, 0.05) is 4.88 Å². The van der Waals surface area contributed by atoms with Crippen molar-refractivity contribution in [3.05, 3.63) is 40.1 Å². The van der Waals surface area contributed by atoms with Crippen molar-refractivity contribution < 1.29 is 0 Å². The van der Waals surface area contributed by atoms with Gasteiger partial charge >= 0.3 is 0 Å². The Hall–Kier alpha value is -0.820. The summed E-state index contributed by atoms with van der Waals surface area (Å²) in [6.07, 6.45) is 5.57. The van der Waals surface area contributed by atoms with Gasteiger partial charge in [0.25, 0.3) is 0 Å². The van der Waals surface area contributed by atoms with Crippen LogP contribution in [-0.2, 0) is 0 Å². The second-order valence-corrected chi connectivity index (χ2v) is 3.81. The van der Waals surface area contributed by atoms with E-state index < -0.39 is 0 Å². The van der Waals surface area contributed by atoms with Crippen LogP contribution in [0.2, 0.25) is 0 Å². The Balaban J connectivity index is 2.23. The van der Waals surface area contributed by atoms with Crippen LogP contribution in [0.25, 0.3) is 5.57 Å². The maximum Gasteiger partial charge on any atom is 0.0305 e. The topological polar surface area (TPSA) is 0 Å². The summed E-state index contributed by atoms with van der Waals surface area (Å²) in [6, 6.07) is 4.29. The first kappa shape index (κ1) is 6.86. The minimum atomic E-state index is 1.14. The molecule has 11 heavy (non-hydrogen) atoms. The summed E-state index contributed by atoms with van der Waals surface area (Å²) < 4.78 is 0. The molecular weight excluding hydrogens is 152 g/mol. The molecule has 0 amide bonds. The molecule has 0 atom stereocenters. The Kier molecular flexibility index (Phi) is 1.66. The molecular formula is C10H10S. The Morgan fingerprint density at radius 2 is 2.27 bits per heavy atom. The molecule has 0 nitrogen and oxygen atoms in total. The average molecular weight is 162 g/mol. The highest BCUT2D eigenvalue weighted by Gasteiger charge is 2.06. The molecule has 0 spiro atoms. The summed E-state index contributed by atoms with van der Waals surface area (Å²) in [7, 11) is 0. The monoisotopic (exact) mass is 162 g/mol. The second kappa shape index (κ2) is 2.67. The molecule has 1 aliphatic rings. The molecule has 0 saturated carbocycles. The van der Waals surface area contributed by atoms with Crippen molar-refractivity contribution in [1.82, 2.24) is 0 Å². The van der Waals surface area contributed by atoms with E-state index in [0.717, 1.165) is 6.42 Å². The normalized spacial score (nSPS) is 16.5. The zero-order valence-electron chi connectivity index (χ0n) is 6.50. The largest absolute Gasteiger partial charge is 0.144 e. The predicted molar refractivity (Wildman–Crippen MR) is 50.7 cm³/mol. The van der Waals surface area contributed by atoms with Gasteiger partial charge in [-0.05, 0) is 30.4 Å². The molecule has 0 N–H and O–H groups in total. The first-order valence-electron chi connectivity index (χ1n) is 3.76. The number of hydrogen-bond donors (Lipinski definition) is 0. The lowest BCUT2D eigenvalue weighted by atomic mass is 10.1. The molecule has 56 valence electrons. The molecule has 1 heteroatoms. The van der Waals surface area contributed by atoms with E-state index in [1.54, 1.807) is 0 Å². The van der Waals surface area contributed by atoms with Gasteiger partial charge in [0.15, 0.2) is 0 Å². The van der Waals surface area contributed by atoms with Crippen LogP contribution in [0.4, 0.5) is 0 Å². The maximum atomic E-state index is 2.22. The van der Waals surface area contributed by atoms with E-state index in [1.807, 2.05) is 11.3 Å². The molecule has 1 aromatic heterocycles. The van der Waals surface area contributed by atoms with E-state index in [-0.39, 0.29) is 0 Å². The van der Waals surface area contributed by atoms with E-state index in [0.29, 0.717) is 0 Å². The Morgan fingerprint density at radius 3 is 2.82 bits per heavy atom. The van der Waals surface area contributed by atoms with E-state index in [9.17, 15) is 0 Å². The van der Waals surface area contributed by atoms with Crippen molar-refractivity contribution in [2.45, 2.75) is 13.3 Å². The van der Waals surface area contributed by atoms with Crippen LogP contribution in [0.15, 0.2) is 35.2 Å². The molecule has 0 aromatic carbocycles. The standard InChI is InChI=1S/C10H10S/c1-8-4-5-9(7-8)10-3-2-6-11-10/h2-6H,7H2,1H3. The van der Waals surface area contributed by atoms with E-state index >= 15 is 0 Å². The van der Waals surface area contributed by atoms with Crippen molar-refractivity contribution in [2.24, 2.45) is 0 Å². The van der Waals surface area contributed by atoms with Crippen molar-refractivity contribution in [3.8, 4) is 0 Å². The number of thiophene rings is 1. The summed E-state index contributed by atoms with van der Waals surface area (Å²) in [5.41, 5.74) is 2.94. The van der Waals surface area contributed by atoms with Gasteiger partial charge in [0.05, 0.1) is 0 Å². The van der Waals surface area contributed by atoms with Crippen LogP contribution >= 0.6 is 11.3 Å². The fourth-order valence-corrected chi connectivity index (χ4v) is 2.04. The van der Waals surface area contributed by atoms with Gasteiger partial charge in [-0.1, -0.05) is 23.8 Å². The third-order valence-corrected chi connectivity index (χ3v) is 2.82. The van der Waals surface area contributed by atoms with Gasteiger partial charge in [-0.2, -0.15) is 0 Å². The molecule has 0 fully saturated rings. The van der Waals surface area contributed by atoms with E-state index in [1.165, 1.54) is 16.0 Å². The minimum absolute atomic E-state index is 1.14. The zero-order chi connectivity index (χ0) is 7.68. The maximum absolute atomic E-state index is 2.22. The summed E-state index contributed by atoms with van der Waals surface area (Å²) in [5.74, 6) is 0. The van der Waals surface area contributed by atoms with Crippen LogP contribution < -0.4 is 0 Å². The lowest BCUT2D eigenvalue weighted by Gasteiger charge is -1.96. The summed E-state index contributed by atoms with van der Waals surface area (Å²) in [4.78, 5) is 1.41. The molecule has 0 aliphatic heterocycles. The third kappa shape index (κ3) is 1.29. The summed E-state index contributed by atoms with van der Waals surface area (Å²) in [5, 5.41) is 2.13. The zero-order valence-corrected chi connectivity index (χ0v) is 7.32. The molecule has 0 unspecified atom stereocenters. The Labute approximate surface area is 70.9 Å². The number of hydrogen-bond acceptors (Lipinski definition) is 1. The van der Waals surface area contributed by atoms with Gasteiger partial charge in [-0.25, -0.2) is 0 Å². The van der Waals surface area contributed by atoms with Gasteiger partial charge in [-0.15, -0.1) is 11.3 Å². The lowest BCUT2D eigenvalue weighted by molar-refractivity contribution is 1.27. The number of allylic oxidation sites excluding steroid dienone is 4. The SMILES string of the molecule is CC1=CC=C(c2cccs2)C1. The molecule has 2 rings (SSSR count). The van der Waals surface area contributed by atoms with Crippen molar-refractivity contribution >= 4 is 16.9 Å². The highest BCUT2D eigenvalue weighted by atomic mass is 32.1. The fraction of sp³-hybridized carbons (Fsp3) is 0.200. The molecule has 0 radical (unpaired) electrons. The van der Waals surface area contributed by atoms with Crippen LogP contribution in [-0.4, -0.2) is 0 Å². The highest BCUT2D eigenvalue weighted by Crippen LogP contribution is 2.30. The smallest absolute Gasteiger partial charge is 0.0305 e. The molecule has 0 saturated heterocycles. The van der Waals surface area contributed by atoms with Crippen molar-refractivity contribution in [1.29, 1.82) is 0 Å². The van der Waals surface area contributed by atoms with Crippen LogP contribution in [0.5, 0.6) is 0 Å². The lowest BCUT2D eigenvalue weighted by Crippen LogP contribution is -1.74. The van der Waals surface area contributed by atoms with E-state index in [4.69, 9.17) is 0 Å². The second-order valence-electron chi connectivity index (χ2n) is 2.86. The minimum Gasteiger partial charge on any atom is -0.144 e. The van der Waals surface area contributed by atoms with Crippen molar-refractivity contribution in [3.63, 3.8) is 0 Å². The van der Waals surface area contributed by atoms with Gasteiger partial charge < -0.3 is 0 Å². The molecule has 1 heterocycles. The van der Waals surface area contributed by atoms with Crippen LogP contribution in [0, 0.1) is 0 Å².